The van der Waals surface area contributed by atoms with E-state index >= 15 is 0 Å². The number of hydrogen-bond acceptors (Lipinski definition) is 5. The summed E-state index contributed by atoms with van der Waals surface area (Å²) < 4.78 is 5.46. The van der Waals surface area contributed by atoms with Gasteiger partial charge in [0.05, 0.1) is 25.4 Å². The minimum Gasteiger partial charge on any atom is -0.466 e. The third-order valence-corrected chi connectivity index (χ3v) is 13.6. The molecule has 0 aromatic heterocycles. The highest BCUT2D eigenvalue weighted by Gasteiger charge is 2.18. The van der Waals surface area contributed by atoms with E-state index in [0.29, 0.717) is 19.4 Å². The lowest BCUT2D eigenvalue weighted by molar-refractivity contribution is -0.143. The lowest BCUT2D eigenvalue weighted by atomic mass is 10.0. The van der Waals surface area contributed by atoms with Crippen molar-refractivity contribution < 1.29 is 24.5 Å². The van der Waals surface area contributed by atoms with Gasteiger partial charge >= 0.3 is 5.97 Å². The molecule has 0 bridgehead atoms. The molecule has 0 aromatic carbocycles. The number of aliphatic hydroxyl groups excluding tert-OH is 2. The van der Waals surface area contributed by atoms with Crippen LogP contribution in [0, 0.1) is 0 Å². The van der Waals surface area contributed by atoms with E-state index in [9.17, 15) is 19.8 Å². The van der Waals surface area contributed by atoms with Crippen LogP contribution in [0.3, 0.4) is 0 Å². The van der Waals surface area contributed by atoms with Gasteiger partial charge < -0.3 is 20.3 Å². The summed E-state index contributed by atoms with van der Waals surface area (Å²) in [6, 6.07) is -0.639. The van der Waals surface area contributed by atoms with Gasteiger partial charge in [-0.05, 0) is 83.5 Å². The van der Waals surface area contributed by atoms with Crippen molar-refractivity contribution in [3.8, 4) is 0 Å². The molecule has 2 unspecified atom stereocenters. The van der Waals surface area contributed by atoms with Gasteiger partial charge in [0.25, 0.3) is 0 Å². The fourth-order valence-corrected chi connectivity index (χ4v) is 8.94. The van der Waals surface area contributed by atoms with Gasteiger partial charge in [0.1, 0.15) is 0 Å². The molecule has 0 fully saturated rings. The number of carbonyl (C=O) groups is 2. The van der Waals surface area contributed by atoms with Crippen molar-refractivity contribution in [2.45, 2.75) is 321 Å². The number of esters is 1. The average molecular weight is 955 g/mol. The molecule has 0 aliphatic rings. The fourth-order valence-electron chi connectivity index (χ4n) is 8.94. The molecule has 1 amide bonds. The molecule has 0 heterocycles. The van der Waals surface area contributed by atoms with Gasteiger partial charge in [0, 0.05) is 12.8 Å². The van der Waals surface area contributed by atoms with E-state index in [0.717, 1.165) is 64.2 Å². The van der Waals surface area contributed by atoms with Crippen LogP contribution < -0.4 is 5.32 Å². The fraction of sp³-hybridized carbons (Fsp3) is 0.839. The molecule has 0 saturated heterocycles. The van der Waals surface area contributed by atoms with E-state index in [2.05, 4.69) is 55.6 Å². The van der Waals surface area contributed by atoms with Crippen LogP contribution in [0.25, 0.3) is 0 Å². The number of carbonyl (C=O) groups excluding carboxylic acids is 2. The third-order valence-electron chi connectivity index (χ3n) is 13.6. The minimum absolute atomic E-state index is 0.0176. The topological polar surface area (TPSA) is 95.9 Å². The van der Waals surface area contributed by atoms with E-state index in [4.69, 9.17) is 4.74 Å². The van der Waals surface area contributed by atoms with Crippen molar-refractivity contribution in [1.82, 2.24) is 5.32 Å². The maximum atomic E-state index is 12.5. The van der Waals surface area contributed by atoms with Crippen LogP contribution in [-0.4, -0.2) is 47.4 Å². The Bertz CT molecular complexity index is 1150. The maximum Gasteiger partial charge on any atom is 0.305 e. The number of aliphatic hydroxyl groups is 2. The Morgan fingerprint density at radius 3 is 1.18 bits per heavy atom. The Morgan fingerprint density at radius 1 is 0.412 bits per heavy atom. The molecule has 0 aromatic rings. The van der Waals surface area contributed by atoms with Crippen molar-refractivity contribution in [1.29, 1.82) is 0 Å². The number of nitrogens with one attached hydrogen (secondary N) is 1. The standard InChI is InChI=1S/C62H115NO5/c1-3-5-7-9-11-13-15-17-19-20-21-22-24-27-30-34-38-42-46-50-54-60(65)59(58-64)63-61(66)55-51-47-43-39-35-31-28-25-23-26-29-33-37-41-45-49-53-57-68-62(67)56-52-48-44-40-36-32-18-16-14-12-10-8-6-4-2/h10,12,16,18,23,26,50,54,59-60,64-65H,3-9,11,13-15,17,19-22,24-25,27-49,51-53,55-58H2,1-2H3,(H,63,66)/b12-10-,18-16-,26-23-,54-50+. The summed E-state index contributed by atoms with van der Waals surface area (Å²) in [7, 11) is 0. The predicted molar refractivity (Wildman–Crippen MR) is 296 cm³/mol. The molecule has 0 saturated carbocycles. The lowest BCUT2D eigenvalue weighted by Gasteiger charge is -2.20. The summed E-state index contributed by atoms with van der Waals surface area (Å²) in [5, 5.41) is 23.2. The molecule has 398 valence electrons. The van der Waals surface area contributed by atoms with E-state index in [1.807, 2.05) is 6.08 Å². The van der Waals surface area contributed by atoms with Crippen molar-refractivity contribution in [3.05, 3.63) is 48.6 Å². The summed E-state index contributed by atoms with van der Waals surface area (Å²) in [6.45, 7) is 4.84. The average Bonchev–Trinajstić information content (AvgIpc) is 3.34. The molecule has 6 nitrogen and oxygen atoms in total. The van der Waals surface area contributed by atoms with Crippen LogP contribution in [0.5, 0.6) is 0 Å². The Kier molecular flexibility index (Phi) is 55.6. The van der Waals surface area contributed by atoms with Gasteiger partial charge in [-0.15, -0.1) is 0 Å². The Balaban J connectivity index is 3.50. The highest BCUT2D eigenvalue weighted by atomic mass is 16.5. The normalized spacial score (nSPS) is 12.9. The highest BCUT2D eigenvalue weighted by Crippen LogP contribution is 2.16. The van der Waals surface area contributed by atoms with Gasteiger partial charge in [0.15, 0.2) is 0 Å². The zero-order chi connectivity index (χ0) is 49.3. The summed E-state index contributed by atoms with van der Waals surface area (Å²) in [5.74, 6) is -0.0968. The maximum absolute atomic E-state index is 12.5. The van der Waals surface area contributed by atoms with E-state index in [1.165, 1.54) is 218 Å². The number of amides is 1. The molecule has 0 radical (unpaired) electrons. The van der Waals surface area contributed by atoms with E-state index in [-0.39, 0.29) is 18.5 Å². The number of rotatable bonds is 55. The largest absolute Gasteiger partial charge is 0.466 e. The first-order valence-electron chi connectivity index (χ1n) is 29.9. The monoisotopic (exact) mass is 954 g/mol. The molecule has 0 aliphatic carbocycles. The number of ether oxygens (including phenoxy) is 1. The van der Waals surface area contributed by atoms with Crippen LogP contribution in [0.15, 0.2) is 48.6 Å². The quantitative estimate of drug-likeness (QED) is 0.0321. The smallest absolute Gasteiger partial charge is 0.305 e. The second-order valence-corrected chi connectivity index (χ2v) is 20.3. The molecule has 0 spiro atoms. The van der Waals surface area contributed by atoms with Crippen LogP contribution in [0.1, 0.15) is 309 Å². The molecular formula is C62H115NO5. The second kappa shape index (κ2) is 57.4. The third kappa shape index (κ3) is 53.2. The van der Waals surface area contributed by atoms with Crippen LogP contribution in [0.4, 0.5) is 0 Å². The second-order valence-electron chi connectivity index (χ2n) is 20.3. The van der Waals surface area contributed by atoms with Crippen molar-refractivity contribution in [3.63, 3.8) is 0 Å². The van der Waals surface area contributed by atoms with Gasteiger partial charge in [-0.3, -0.25) is 9.59 Å². The molecule has 68 heavy (non-hydrogen) atoms. The van der Waals surface area contributed by atoms with Crippen LogP contribution >= 0.6 is 0 Å². The first kappa shape index (κ1) is 65.8. The minimum atomic E-state index is -0.854. The number of hydrogen-bond donors (Lipinski definition) is 3. The first-order valence-corrected chi connectivity index (χ1v) is 29.9. The van der Waals surface area contributed by atoms with Crippen molar-refractivity contribution in [2.75, 3.05) is 13.2 Å². The van der Waals surface area contributed by atoms with Gasteiger partial charge in [0.2, 0.25) is 5.91 Å². The Hall–Kier alpha value is -2.18. The zero-order valence-electron chi connectivity index (χ0n) is 45.3. The highest BCUT2D eigenvalue weighted by molar-refractivity contribution is 5.76. The molecule has 3 N–H and O–H groups in total. The molecule has 6 heteroatoms. The Labute approximate surface area is 423 Å². The summed E-state index contributed by atoms with van der Waals surface area (Å²) >= 11 is 0. The van der Waals surface area contributed by atoms with Crippen molar-refractivity contribution in [2.24, 2.45) is 0 Å². The zero-order valence-corrected chi connectivity index (χ0v) is 45.3. The lowest BCUT2D eigenvalue weighted by Crippen LogP contribution is -2.45. The Morgan fingerprint density at radius 2 is 0.750 bits per heavy atom. The van der Waals surface area contributed by atoms with Crippen LogP contribution in [-0.2, 0) is 14.3 Å². The SMILES string of the molecule is CCCC/C=C\C/C=C\CCCCCCCC(=O)OCCCCCCCC/C=C\CCCCCCCCCC(=O)NC(CO)C(O)/C=C/CCCCCCCCCCCCCCCCCCCC. The van der Waals surface area contributed by atoms with Crippen LogP contribution in [0.2, 0.25) is 0 Å². The summed E-state index contributed by atoms with van der Waals surface area (Å²) in [6.07, 6.45) is 72.8. The summed E-state index contributed by atoms with van der Waals surface area (Å²) in [4.78, 5) is 24.5. The van der Waals surface area contributed by atoms with Crippen molar-refractivity contribution >= 4 is 11.9 Å². The molecule has 0 aliphatic heterocycles. The van der Waals surface area contributed by atoms with Gasteiger partial charge in [-0.2, -0.15) is 0 Å². The molecule has 0 rings (SSSR count). The predicted octanol–water partition coefficient (Wildman–Crippen LogP) is 18.6. The van der Waals surface area contributed by atoms with Gasteiger partial charge in [-0.1, -0.05) is 262 Å². The first-order chi connectivity index (χ1) is 33.5. The van der Waals surface area contributed by atoms with E-state index in [1.54, 1.807) is 6.08 Å². The number of unbranched alkanes of at least 4 members (excludes halogenated alkanes) is 38. The van der Waals surface area contributed by atoms with Gasteiger partial charge in [-0.25, -0.2) is 0 Å². The summed E-state index contributed by atoms with van der Waals surface area (Å²) in [5.41, 5.74) is 0. The number of allylic oxidation sites excluding steroid dienone is 7. The molecular weight excluding hydrogens is 839 g/mol. The van der Waals surface area contributed by atoms with E-state index < -0.39 is 12.1 Å². The molecule has 2 atom stereocenters.